The number of allylic oxidation sites excluding steroid dienone is 1. The standard InChI is InChI=1S/C25H27NO2/c1-3-24(19-12-14-23(15-13-19)28-17-16-26-2)25(20-8-5-4-6-9-20)21-10-7-11-22(27)18-21/h4-15,18,26-27H,3,16-17H2,1-2H3/b25-24+. The van der Waals surface area contributed by atoms with Crippen molar-refractivity contribution in [2.45, 2.75) is 13.3 Å². The van der Waals surface area contributed by atoms with Crippen molar-refractivity contribution in [1.82, 2.24) is 5.32 Å². The van der Waals surface area contributed by atoms with E-state index in [1.807, 2.05) is 55.6 Å². The number of benzene rings is 3. The van der Waals surface area contributed by atoms with E-state index in [0.29, 0.717) is 6.61 Å². The van der Waals surface area contributed by atoms with Crippen molar-refractivity contribution in [2.75, 3.05) is 20.2 Å². The van der Waals surface area contributed by atoms with E-state index in [2.05, 4.69) is 36.5 Å². The molecule has 0 spiro atoms. The Morgan fingerprint density at radius 3 is 2.21 bits per heavy atom. The fraction of sp³-hybridized carbons (Fsp3) is 0.200. The van der Waals surface area contributed by atoms with Gasteiger partial charge in [-0.2, -0.15) is 0 Å². The van der Waals surface area contributed by atoms with Crippen LogP contribution in [-0.4, -0.2) is 25.3 Å². The van der Waals surface area contributed by atoms with Gasteiger partial charge in [0.25, 0.3) is 0 Å². The molecule has 3 nitrogen and oxygen atoms in total. The van der Waals surface area contributed by atoms with E-state index in [0.717, 1.165) is 41.0 Å². The molecular weight excluding hydrogens is 346 g/mol. The predicted octanol–water partition coefficient (Wildman–Crippen LogP) is 5.36. The molecule has 0 aromatic heterocycles. The molecule has 0 saturated heterocycles. The molecule has 2 N–H and O–H groups in total. The summed E-state index contributed by atoms with van der Waals surface area (Å²) in [6.07, 6.45) is 0.875. The lowest BCUT2D eigenvalue weighted by Gasteiger charge is -2.17. The van der Waals surface area contributed by atoms with Crippen LogP contribution < -0.4 is 10.1 Å². The molecule has 0 saturated carbocycles. The molecule has 0 aliphatic rings. The number of likely N-dealkylation sites (N-methyl/N-ethyl adjacent to an activating group) is 1. The minimum Gasteiger partial charge on any atom is -0.508 e. The van der Waals surface area contributed by atoms with Crippen LogP contribution in [0.5, 0.6) is 11.5 Å². The molecule has 0 aliphatic heterocycles. The largest absolute Gasteiger partial charge is 0.508 e. The molecule has 28 heavy (non-hydrogen) atoms. The van der Waals surface area contributed by atoms with Crippen LogP contribution in [0, 0.1) is 0 Å². The molecule has 0 amide bonds. The lowest BCUT2D eigenvalue weighted by atomic mass is 9.88. The SMILES string of the molecule is CC/C(=C(/c1ccccc1)c1cccc(O)c1)c1ccc(OCCNC)cc1. The molecule has 3 aromatic carbocycles. The fourth-order valence-corrected chi connectivity index (χ4v) is 3.33. The average Bonchev–Trinajstić information content (AvgIpc) is 2.73. The van der Waals surface area contributed by atoms with Crippen molar-refractivity contribution < 1.29 is 9.84 Å². The predicted molar refractivity (Wildman–Crippen MR) is 117 cm³/mol. The van der Waals surface area contributed by atoms with Gasteiger partial charge in [-0.25, -0.2) is 0 Å². The molecular formula is C25H27NO2. The molecule has 0 heterocycles. The Balaban J connectivity index is 2.06. The van der Waals surface area contributed by atoms with Gasteiger partial charge in [0.05, 0.1) is 0 Å². The summed E-state index contributed by atoms with van der Waals surface area (Å²) in [6, 6.07) is 26.1. The first kappa shape index (κ1) is 19.7. The molecule has 3 aromatic rings. The molecule has 0 fully saturated rings. The van der Waals surface area contributed by atoms with E-state index < -0.39 is 0 Å². The monoisotopic (exact) mass is 373 g/mol. The molecule has 144 valence electrons. The first-order valence-corrected chi connectivity index (χ1v) is 9.68. The second kappa shape index (κ2) is 9.77. The molecule has 3 heteroatoms. The molecule has 0 aliphatic carbocycles. The lowest BCUT2D eigenvalue weighted by molar-refractivity contribution is 0.318. The Bertz CT molecular complexity index is 915. The second-order valence-electron chi connectivity index (χ2n) is 6.60. The summed E-state index contributed by atoms with van der Waals surface area (Å²) < 4.78 is 5.75. The van der Waals surface area contributed by atoms with Crippen LogP contribution in [0.2, 0.25) is 0 Å². The summed E-state index contributed by atoms with van der Waals surface area (Å²) in [5.74, 6) is 1.14. The Morgan fingerprint density at radius 2 is 1.57 bits per heavy atom. The third-order valence-corrected chi connectivity index (χ3v) is 4.68. The van der Waals surface area contributed by atoms with Crippen LogP contribution >= 0.6 is 0 Å². The first-order chi connectivity index (χ1) is 13.7. The van der Waals surface area contributed by atoms with Gasteiger partial charge in [-0.1, -0.05) is 61.5 Å². The van der Waals surface area contributed by atoms with Gasteiger partial charge in [-0.05, 0) is 65.6 Å². The maximum atomic E-state index is 10.0. The van der Waals surface area contributed by atoms with Crippen molar-refractivity contribution in [1.29, 1.82) is 0 Å². The van der Waals surface area contributed by atoms with Crippen molar-refractivity contribution in [3.8, 4) is 11.5 Å². The van der Waals surface area contributed by atoms with Crippen LogP contribution in [0.15, 0.2) is 78.9 Å². The average molecular weight is 373 g/mol. The number of hydrogen-bond donors (Lipinski definition) is 2. The van der Waals surface area contributed by atoms with Gasteiger partial charge >= 0.3 is 0 Å². The molecule has 3 rings (SSSR count). The quantitative estimate of drug-likeness (QED) is 0.413. The number of rotatable bonds is 8. The number of phenols is 1. The number of ether oxygens (including phenoxy) is 1. The fourth-order valence-electron chi connectivity index (χ4n) is 3.33. The normalized spacial score (nSPS) is 11.8. The summed E-state index contributed by atoms with van der Waals surface area (Å²) in [4.78, 5) is 0. The van der Waals surface area contributed by atoms with Crippen LogP contribution in [0.4, 0.5) is 0 Å². The highest BCUT2D eigenvalue weighted by Crippen LogP contribution is 2.35. The van der Waals surface area contributed by atoms with Gasteiger partial charge in [0, 0.05) is 6.54 Å². The molecule has 0 radical (unpaired) electrons. The summed E-state index contributed by atoms with van der Waals surface area (Å²) in [5, 5.41) is 13.1. The summed E-state index contributed by atoms with van der Waals surface area (Å²) in [6.45, 7) is 3.63. The van der Waals surface area contributed by atoms with Gasteiger partial charge in [-0.15, -0.1) is 0 Å². The van der Waals surface area contributed by atoms with E-state index in [4.69, 9.17) is 4.74 Å². The lowest BCUT2D eigenvalue weighted by Crippen LogP contribution is -2.15. The third kappa shape index (κ3) is 4.81. The van der Waals surface area contributed by atoms with E-state index in [1.165, 1.54) is 5.57 Å². The number of hydrogen-bond acceptors (Lipinski definition) is 3. The third-order valence-electron chi connectivity index (χ3n) is 4.68. The van der Waals surface area contributed by atoms with E-state index in [-0.39, 0.29) is 5.75 Å². The number of nitrogens with one attached hydrogen (secondary N) is 1. The Labute approximate surface area is 167 Å². The highest BCUT2D eigenvalue weighted by molar-refractivity contribution is 5.98. The molecule has 0 atom stereocenters. The van der Waals surface area contributed by atoms with E-state index in [1.54, 1.807) is 6.07 Å². The highest BCUT2D eigenvalue weighted by Gasteiger charge is 2.13. The maximum Gasteiger partial charge on any atom is 0.119 e. The van der Waals surface area contributed by atoms with Gasteiger partial charge < -0.3 is 15.2 Å². The van der Waals surface area contributed by atoms with Crippen LogP contribution in [0.3, 0.4) is 0 Å². The zero-order chi connectivity index (χ0) is 19.8. The van der Waals surface area contributed by atoms with Crippen molar-refractivity contribution in [2.24, 2.45) is 0 Å². The van der Waals surface area contributed by atoms with Crippen molar-refractivity contribution in [3.63, 3.8) is 0 Å². The van der Waals surface area contributed by atoms with Gasteiger partial charge in [-0.3, -0.25) is 0 Å². The van der Waals surface area contributed by atoms with E-state index >= 15 is 0 Å². The molecule has 0 bridgehead atoms. The Morgan fingerprint density at radius 1 is 0.857 bits per heavy atom. The first-order valence-electron chi connectivity index (χ1n) is 9.68. The van der Waals surface area contributed by atoms with Crippen LogP contribution in [-0.2, 0) is 0 Å². The van der Waals surface area contributed by atoms with Crippen LogP contribution in [0.25, 0.3) is 11.1 Å². The smallest absolute Gasteiger partial charge is 0.119 e. The molecule has 0 unspecified atom stereocenters. The summed E-state index contributed by atoms with van der Waals surface area (Å²) in [5.41, 5.74) is 5.68. The zero-order valence-electron chi connectivity index (χ0n) is 16.5. The van der Waals surface area contributed by atoms with Gasteiger partial charge in [0.15, 0.2) is 0 Å². The van der Waals surface area contributed by atoms with Crippen LogP contribution in [0.1, 0.15) is 30.0 Å². The minimum atomic E-state index is 0.273. The summed E-state index contributed by atoms with van der Waals surface area (Å²) >= 11 is 0. The number of phenolic OH excluding ortho intramolecular Hbond substituents is 1. The van der Waals surface area contributed by atoms with Crippen molar-refractivity contribution >= 4 is 11.1 Å². The summed E-state index contributed by atoms with van der Waals surface area (Å²) in [7, 11) is 1.91. The van der Waals surface area contributed by atoms with Gasteiger partial charge in [0.2, 0.25) is 0 Å². The Kier molecular flexibility index (Phi) is 6.88. The van der Waals surface area contributed by atoms with E-state index in [9.17, 15) is 5.11 Å². The minimum absolute atomic E-state index is 0.273. The Hall–Kier alpha value is -3.04. The zero-order valence-corrected chi connectivity index (χ0v) is 16.5. The maximum absolute atomic E-state index is 10.0. The topological polar surface area (TPSA) is 41.5 Å². The van der Waals surface area contributed by atoms with Crippen molar-refractivity contribution in [3.05, 3.63) is 95.6 Å². The highest BCUT2D eigenvalue weighted by atomic mass is 16.5. The second-order valence-corrected chi connectivity index (χ2v) is 6.60. The van der Waals surface area contributed by atoms with Gasteiger partial charge in [0.1, 0.15) is 18.1 Å². The number of aromatic hydroxyl groups is 1.